The zero-order valence-corrected chi connectivity index (χ0v) is 12.6. The zero-order chi connectivity index (χ0) is 13.2. The van der Waals surface area contributed by atoms with E-state index in [1.807, 2.05) is 6.07 Å². The van der Waals surface area contributed by atoms with Crippen LogP contribution in [0.2, 0.25) is 5.22 Å². The van der Waals surface area contributed by atoms with Crippen molar-refractivity contribution in [2.24, 2.45) is 0 Å². The minimum Gasteiger partial charge on any atom is -0.449 e. The van der Waals surface area contributed by atoms with Gasteiger partial charge in [-0.25, -0.2) is 0 Å². The molecule has 0 saturated heterocycles. The molecule has 0 aliphatic heterocycles. The van der Waals surface area contributed by atoms with Gasteiger partial charge in [0.2, 0.25) is 0 Å². The molecule has 0 radical (unpaired) electrons. The fourth-order valence-corrected chi connectivity index (χ4v) is 2.59. The number of unbranched alkanes of at least 4 members (excludes halogenated alkanes) is 5. The molecule has 104 valence electrons. The average molecular weight is 271 g/mol. The van der Waals surface area contributed by atoms with E-state index < -0.39 is 0 Å². The molecule has 0 aliphatic rings. The third-order valence-electron chi connectivity index (χ3n) is 3.56. The van der Waals surface area contributed by atoms with Gasteiger partial charge in [0.1, 0.15) is 5.76 Å². The summed E-state index contributed by atoms with van der Waals surface area (Å²) in [5.74, 6) is 1.66. The van der Waals surface area contributed by atoms with Crippen LogP contribution in [0.25, 0.3) is 0 Å². The molecule has 0 bridgehead atoms. The van der Waals surface area contributed by atoms with Crippen LogP contribution in [0.15, 0.2) is 16.5 Å². The van der Waals surface area contributed by atoms with E-state index in [-0.39, 0.29) is 0 Å². The Labute approximate surface area is 117 Å². The van der Waals surface area contributed by atoms with Gasteiger partial charge in [-0.15, -0.1) is 0 Å². The van der Waals surface area contributed by atoms with Gasteiger partial charge in [0.15, 0.2) is 5.22 Å². The third kappa shape index (κ3) is 5.95. The second-order valence-corrected chi connectivity index (χ2v) is 5.56. The van der Waals surface area contributed by atoms with E-state index in [4.69, 9.17) is 16.0 Å². The van der Waals surface area contributed by atoms with Crippen molar-refractivity contribution in [1.82, 2.24) is 0 Å². The second kappa shape index (κ2) is 9.49. The molecule has 1 unspecified atom stereocenters. The van der Waals surface area contributed by atoms with Gasteiger partial charge in [-0.3, -0.25) is 0 Å². The van der Waals surface area contributed by atoms with Crippen LogP contribution in [0.3, 0.4) is 0 Å². The summed E-state index contributed by atoms with van der Waals surface area (Å²) in [6, 6.07) is 3.93. The lowest BCUT2D eigenvalue weighted by Crippen LogP contribution is -1.98. The fraction of sp³-hybridized carbons (Fsp3) is 0.750. The quantitative estimate of drug-likeness (QED) is 0.438. The van der Waals surface area contributed by atoms with Gasteiger partial charge in [-0.05, 0) is 36.6 Å². The molecule has 1 nitrogen and oxygen atoms in total. The monoisotopic (exact) mass is 270 g/mol. The molecule has 0 fully saturated rings. The number of rotatable bonds is 10. The fourth-order valence-electron chi connectivity index (χ4n) is 2.43. The molecule has 0 aliphatic carbocycles. The van der Waals surface area contributed by atoms with Gasteiger partial charge in [0.05, 0.1) is 0 Å². The Bertz CT molecular complexity index is 306. The maximum absolute atomic E-state index is 5.88. The highest BCUT2D eigenvalue weighted by molar-refractivity contribution is 6.28. The lowest BCUT2D eigenvalue weighted by molar-refractivity contribution is 0.409. The average Bonchev–Trinajstić information content (AvgIpc) is 2.79. The summed E-state index contributed by atoms with van der Waals surface area (Å²) in [5.41, 5.74) is 0. The lowest BCUT2D eigenvalue weighted by atomic mass is 9.92. The minimum atomic E-state index is 0.527. The van der Waals surface area contributed by atoms with Crippen LogP contribution in [0.1, 0.15) is 83.3 Å². The molecule has 1 rings (SSSR count). The first-order chi connectivity index (χ1) is 8.77. The summed E-state index contributed by atoms with van der Waals surface area (Å²) >= 11 is 5.88. The summed E-state index contributed by atoms with van der Waals surface area (Å²) in [4.78, 5) is 0. The number of hydrogen-bond acceptors (Lipinski definition) is 1. The van der Waals surface area contributed by atoms with Crippen molar-refractivity contribution >= 4 is 11.6 Å². The molecule has 0 aromatic carbocycles. The van der Waals surface area contributed by atoms with Crippen molar-refractivity contribution in [2.75, 3.05) is 0 Å². The maximum atomic E-state index is 5.88. The summed E-state index contributed by atoms with van der Waals surface area (Å²) in [6.07, 6.45) is 11.7. The van der Waals surface area contributed by atoms with E-state index >= 15 is 0 Å². The molecule has 1 heterocycles. The predicted molar refractivity (Wildman–Crippen MR) is 79.4 cm³/mol. The largest absolute Gasteiger partial charge is 0.449 e. The molecule has 0 amide bonds. The van der Waals surface area contributed by atoms with Crippen LogP contribution in [0, 0.1) is 0 Å². The second-order valence-electron chi connectivity index (χ2n) is 5.18. The third-order valence-corrected chi connectivity index (χ3v) is 3.76. The maximum Gasteiger partial charge on any atom is 0.193 e. The van der Waals surface area contributed by atoms with E-state index in [1.54, 1.807) is 0 Å². The molecule has 18 heavy (non-hydrogen) atoms. The summed E-state index contributed by atoms with van der Waals surface area (Å²) in [6.45, 7) is 4.51. The molecule has 0 saturated carbocycles. The summed E-state index contributed by atoms with van der Waals surface area (Å²) < 4.78 is 5.60. The van der Waals surface area contributed by atoms with Crippen LogP contribution in [-0.4, -0.2) is 0 Å². The standard InChI is InChI=1S/C16H27ClO/c1-3-5-7-9-11-14(10-8-6-4-2)15-12-13-16(17)18-15/h12-14H,3-11H2,1-2H3. The molecular formula is C16H27ClO. The highest BCUT2D eigenvalue weighted by atomic mass is 35.5. The summed E-state index contributed by atoms with van der Waals surface area (Å²) in [5, 5.41) is 0.527. The van der Waals surface area contributed by atoms with Gasteiger partial charge in [-0.1, -0.05) is 58.8 Å². The van der Waals surface area contributed by atoms with Crippen molar-refractivity contribution in [1.29, 1.82) is 0 Å². The minimum absolute atomic E-state index is 0.527. The molecular weight excluding hydrogens is 244 g/mol. The first-order valence-corrected chi connectivity index (χ1v) is 7.91. The van der Waals surface area contributed by atoms with Gasteiger partial charge >= 0.3 is 0 Å². The molecule has 0 N–H and O–H groups in total. The van der Waals surface area contributed by atoms with Crippen LogP contribution in [-0.2, 0) is 0 Å². The smallest absolute Gasteiger partial charge is 0.193 e. The Morgan fingerprint density at radius 1 is 0.944 bits per heavy atom. The Hall–Kier alpha value is -0.430. The summed E-state index contributed by atoms with van der Waals surface area (Å²) in [7, 11) is 0. The van der Waals surface area contributed by atoms with Crippen molar-refractivity contribution in [3.8, 4) is 0 Å². The van der Waals surface area contributed by atoms with Crippen molar-refractivity contribution in [3.05, 3.63) is 23.1 Å². The van der Waals surface area contributed by atoms with Gasteiger partial charge in [-0.2, -0.15) is 0 Å². The van der Waals surface area contributed by atoms with E-state index in [9.17, 15) is 0 Å². The Morgan fingerprint density at radius 2 is 1.56 bits per heavy atom. The number of hydrogen-bond donors (Lipinski definition) is 0. The van der Waals surface area contributed by atoms with Gasteiger partial charge in [0, 0.05) is 5.92 Å². The first-order valence-electron chi connectivity index (χ1n) is 7.53. The lowest BCUT2D eigenvalue weighted by Gasteiger charge is -2.14. The van der Waals surface area contributed by atoms with Crippen LogP contribution < -0.4 is 0 Å². The van der Waals surface area contributed by atoms with Gasteiger partial charge in [0.25, 0.3) is 0 Å². The highest BCUT2D eigenvalue weighted by Gasteiger charge is 2.14. The Balaban J connectivity index is 2.41. The zero-order valence-electron chi connectivity index (χ0n) is 11.9. The van der Waals surface area contributed by atoms with Crippen LogP contribution in [0.4, 0.5) is 0 Å². The first kappa shape index (κ1) is 15.6. The molecule has 1 aromatic rings. The van der Waals surface area contributed by atoms with Crippen LogP contribution >= 0.6 is 11.6 Å². The van der Waals surface area contributed by atoms with E-state index in [0.29, 0.717) is 11.1 Å². The molecule has 1 atom stereocenters. The predicted octanol–water partition coefficient (Wildman–Crippen LogP) is 6.57. The number of halogens is 1. The highest BCUT2D eigenvalue weighted by Crippen LogP contribution is 2.30. The van der Waals surface area contributed by atoms with E-state index in [0.717, 1.165) is 5.76 Å². The SMILES string of the molecule is CCCCCCC(CCCCC)c1ccc(Cl)o1. The van der Waals surface area contributed by atoms with E-state index in [1.165, 1.54) is 57.8 Å². The van der Waals surface area contributed by atoms with Crippen molar-refractivity contribution in [3.63, 3.8) is 0 Å². The molecule has 0 spiro atoms. The van der Waals surface area contributed by atoms with Crippen molar-refractivity contribution in [2.45, 2.75) is 77.6 Å². The Morgan fingerprint density at radius 3 is 2.11 bits per heavy atom. The topological polar surface area (TPSA) is 13.1 Å². The Kier molecular flexibility index (Phi) is 8.24. The van der Waals surface area contributed by atoms with Gasteiger partial charge < -0.3 is 4.42 Å². The normalized spacial score (nSPS) is 12.8. The van der Waals surface area contributed by atoms with Crippen molar-refractivity contribution < 1.29 is 4.42 Å². The molecule has 1 aromatic heterocycles. The molecule has 2 heteroatoms. The van der Waals surface area contributed by atoms with E-state index in [2.05, 4.69) is 19.9 Å². The number of furan rings is 1. The van der Waals surface area contributed by atoms with Crippen LogP contribution in [0.5, 0.6) is 0 Å².